The minimum absolute atomic E-state index is 0.0944. The molecule has 0 saturated carbocycles. The average molecular weight is 321 g/mol. The van der Waals surface area contributed by atoms with Crippen LogP contribution in [0.3, 0.4) is 0 Å². The van der Waals surface area contributed by atoms with Crippen molar-refractivity contribution < 1.29 is 4.79 Å². The summed E-state index contributed by atoms with van der Waals surface area (Å²) in [5.41, 5.74) is 2.35. The van der Waals surface area contributed by atoms with E-state index in [1.54, 1.807) is 10.9 Å². The van der Waals surface area contributed by atoms with Crippen molar-refractivity contribution in [1.82, 2.24) is 20.4 Å². The molecule has 1 aromatic heterocycles. The summed E-state index contributed by atoms with van der Waals surface area (Å²) in [6.45, 7) is 6.28. The predicted octanol–water partition coefficient (Wildman–Crippen LogP) is 2.43. The number of carbonyl (C=O) groups excluding carboxylic acids is 1. The van der Waals surface area contributed by atoms with Crippen LogP contribution in [0.4, 0.5) is 0 Å². The van der Waals surface area contributed by atoms with Crippen molar-refractivity contribution in [2.24, 2.45) is 0 Å². The van der Waals surface area contributed by atoms with E-state index in [9.17, 15) is 4.79 Å². The Balaban J connectivity index is 2.18. The van der Waals surface area contributed by atoms with E-state index in [2.05, 4.69) is 15.7 Å². The monoisotopic (exact) mass is 320 g/mol. The molecule has 1 amide bonds. The average Bonchev–Trinajstić information content (AvgIpc) is 2.95. The van der Waals surface area contributed by atoms with Crippen LogP contribution in [0.5, 0.6) is 0 Å². The van der Waals surface area contributed by atoms with Crippen LogP contribution in [0.15, 0.2) is 30.5 Å². The fourth-order valence-corrected chi connectivity index (χ4v) is 2.45. The third-order valence-electron chi connectivity index (χ3n) is 3.34. The number of rotatable bonds is 7. The normalized spacial score (nSPS) is 10.7. The van der Waals surface area contributed by atoms with Crippen LogP contribution >= 0.6 is 11.6 Å². The zero-order valence-corrected chi connectivity index (χ0v) is 13.7. The molecule has 0 unspecified atom stereocenters. The van der Waals surface area contributed by atoms with Gasteiger partial charge in [0.2, 0.25) is 0 Å². The van der Waals surface area contributed by atoms with Gasteiger partial charge in [-0.1, -0.05) is 31.5 Å². The van der Waals surface area contributed by atoms with Gasteiger partial charge < -0.3 is 10.6 Å². The topological polar surface area (TPSA) is 58.9 Å². The first-order valence-corrected chi connectivity index (χ1v) is 7.86. The van der Waals surface area contributed by atoms with Gasteiger partial charge in [0.25, 0.3) is 5.91 Å². The summed E-state index contributed by atoms with van der Waals surface area (Å²) < 4.78 is 1.77. The lowest BCUT2D eigenvalue weighted by molar-refractivity contribution is 0.0953. The number of carbonyl (C=O) groups is 1. The maximum Gasteiger partial charge on any atom is 0.254 e. The Morgan fingerprint density at radius 3 is 2.82 bits per heavy atom. The van der Waals surface area contributed by atoms with Crippen LogP contribution in [-0.2, 0) is 6.42 Å². The second kappa shape index (κ2) is 7.96. The third kappa shape index (κ3) is 3.87. The maximum absolute atomic E-state index is 12.3. The molecule has 2 rings (SSSR count). The van der Waals surface area contributed by atoms with E-state index in [0.717, 1.165) is 24.5 Å². The van der Waals surface area contributed by atoms with E-state index in [4.69, 9.17) is 11.6 Å². The largest absolute Gasteiger partial charge is 0.351 e. The molecule has 0 radical (unpaired) electrons. The first kappa shape index (κ1) is 16.5. The number of hydrogen-bond acceptors (Lipinski definition) is 3. The van der Waals surface area contributed by atoms with Crippen molar-refractivity contribution >= 4 is 17.5 Å². The lowest BCUT2D eigenvalue weighted by atomic mass is 10.2. The highest BCUT2D eigenvalue weighted by Crippen LogP contribution is 2.19. The molecule has 118 valence electrons. The zero-order valence-electron chi connectivity index (χ0n) is 12.9. The molecule has 2 N–H and O–H groups in total. The Morgan fingerprint density at radius 1 is 1.32 bits per heavy atom. The van der Waals surface area contributed by atoms with E-state index >= 15 is 0 Å². The highest BCUT2D eigenvalue weighted by Gasteiger charge is 2.16. The molecule has 6 heteroatoms. The summed E-state index contributed by atoms with van der Waals surface area (Å²) in [5.74, 6) is -0.0944. The highest BCUT2D eigenvalue weighted by molar-refractivity contribution is 6.30. The summed E-state index contributed by atoms with van der Waals surface area (Å²) in [7, 11) is 0. The molecule has 0 aliphatic heterocycles. The van der Waals surface area contributed by atoms with E-state index < -0.39 is 0 Å². The Labute approximate surface area is 135 Å². The van der Waals surface area contributed by atoms with Crippen molar-refractivity contribution in [2.45, 2.75) is 20.3 Å². The molecule has 22 heavy (non-hydrogen) atoms. The summed E-state index contributed by atoms with van der Waals surface area (Å²) >= 11 is 6.03. The molecule has 0 atom stereocenters. The second-order valence-corrected chi connectivity index (χ2v) is 5.30. The lowest BCUT2D eigenvalue weighted by Gasteiger charge is -2.09. The van der Waals surface area contributed by atoms with Gasteiger partial charge >= 0.3 is 0 Å². The number of likely N-dealkylation sites (N-methyl/N-ethyl adjacent to an activating group) is 1. The minimum Gasteiger partial charge on any atom is -0.351 e. The number of amides is 1. The molecular weight excluding hydrogens is 300 g/mol. The van der Waals surface area contributed by atoms with E-state index in [1.807, 2.05) is 38.1 Å². The Hall–Kier alpha value is -1.85. The van der Waals surface area contributed by atoms with Gasteiger partial charge in [-0.2, -0.15) is 5.10 Å². The second-order valence-electron chi connectivity index (χ2n) is 4.86. The molecule has 0 saturated heterocycles. The Morgan fingerprint density at radius 2 is 2.14 bits per heavy atom. The van der Waals surface area contributed by atoms with Crippen molar-refractivity contribution in [3.8, 4) is 5.69 Å². The summed E-state index contributed by atoms with van der Waals surface area (Å²) in [4.78, 5) is 12.3. The number of nitrogens with zero attached hydrogens (tertiary/aromatic N) is 2. The SMILES string of the molecule is CCNCCNC(=O)c1cnn(-c2cccc(Cl)c2)c1CC. The van der Waals surface area contributed by atoms with Gasteiger partial charge in [0, 0.05) is 18.1 Å². The fourth-order valence-electron chi connectivity index (χ4n) is 2.27. The highest BCUT2D eigenvalue weighted by atomic mass is 35.5. The number of nitrogens with one attached hydrogen (secondary N) is 2. The van der Waals surface area contributed by atoms with Crippen LogP contribution in [-0.4, -0.2) is 35.3 Å². The molecule has 1 heterocycles. The molecule has 5 nitrogen and oxygen atoms in total. The van der Waals surface area contributed by atoms with Gasteiger partial charge in [-0.3, -0.25) is 4.79 Å². The molecule has 0 spiro atoms. The van der Waals surface area contributed by atoms with Crippen LogP contribution in [0.25, 0.3) is 5.69 Å². The molecular formula is C16H21ClN4O. The van der Waals surface area contributed by atoms with Gasteiger partial charge in [-0.05, 0) is 31.2 Å². The van der Waals surface area contributed by atoms with Gasteiger partial charge in [-0.15, -0.1) is 0 Å². The van der Waals surface area contributed by atoms with Crippen LogP contribution < -0.4 is 10.6 Å². The lowest BCUT2D eigenvalue weighted by Crippen LogP contribution is -2.32. The van der Waals surface area contributed by atoms with Crippen LogP contribution in [0.1, 0.15) is 29.9 Å². The molecule has 0 fully saturated rings. The van der Waals surface area contributed by atoms with E-state index in [-0.39, 0.29) is 5.91 Å². The quantitative estimate of drug-likeness (QED) is 0.770. The molecule has 0 bridgehead atoms. The standard InChI is InChI=1S/C16H21ClN4O/c1-3-15-14(16(22)19-9-8-18-4-2)11-20-21(15)13-7-5-6-12(17)10-13/h5-7,10-11,18H,3-4,8-9H2,1-2H3,(H,19,22). The maximum atomic E-state index is 12.3. The molecule has 0 aliphatic carbocycles. The molecule has 1 aromatic carbocycles. The van der Waals surface area contributed by atoms with Crippen LogP contribution in [0, 0.1) is 0 Å². The van der Waals surface area contributed by atoms with Gasteiger partial charge in [0.1, 0.15) is 0 Å². The van der Waals surface area contributed by atoms with Gasteiger partial charge in [0.05, 0.1) is 23.1 Å². The number of aromatic nitrogens is 2. The summed E-state index contributed by atoms with van der Waals surface area (Å²) in [5, 5.41) is 11.1. The number of hydrogen-bond donors (Lipinski definition) is 2. The summed E-state index contributed by atoms with van der Waals surface area (Å²) in [6, 6.07) is 7.44. The number of halogens is 1. The van der Waals surface area contributed by atoms with Gasteiger partial charge in [-0.25, -0.2) is 4.68 Å². The van der Waals surface area contributed by atoms with Crippen molar-refractivity contribution in [3.05, 3.63) is 46.7 Å². The first-order valence-electron chi connectivity index (χ1n) is 7.49. The predicted molar refractivity (Wildman–Crippen MR) is 88.8 cm³/mol. The minimum atomic E-state index is -0.0944. The fraction of sp³-hybridized carbons (Fsp3) is 0.375. The molecule has 2 aromatic rings. The van der Waals surface area contributed by atoms with Crippen molar-refractivity contribution in [3.63, 3.8) is 0 Å². The van der Waals surface area contributed by atoms with Gasteiger partial charge in [0.15, 0.2) is 0 Å². The Kier molecular flexibility index (Phi) is 5.98. The zero-order chi connectivity index (χ0) is 15.9. The molecule has 0 aliphatic rings. The number of benzene rings is 1. The Bertz CT molecular complexity index is 639. The van der Waals surface area contributed by atoms with Crippen LogP contribution in [0.2, 0.25) is 5.02 Å². The summed E-state index contributed by atoms with van der Waals surface area (Å²) in [6.07, 6.45) is 2.32. The first-order chi connectivity index (χ1) is 10.7. The van der Waals surface area contributed by atoms with E-state index in [1.165, 1.54) is 0 Å². The van der Waals surface area contributed by atoms with E-state index in [0.29, 0.717) is 23.6 Å². The third-order valence-corrected chi connectivity index (χ3v) is 3.57. The smallest absolute Gasteiger partial charge is 0.254 e. The van der Waals surface area contributed by atoms with Crippen molar-refractivity contribution in [2.75, 3.05) is 19.6 Å². The van der Waals surface area contributed by atoms with Crippen molar-refractivity contribution in [1.29, 1.82) is 0 Å².